The van der Waals surface area contributed by atoms with Crippen molar-refractivity contribution in [1.29, 1.82) is 0 Å². The van der Waals surface area contributed by atoms with E-state index in [1.807, 2.05) is 6.07 Å². The van der Waals surface area contributed by atoms with E-state index >= 15 is 0 Å². The second-order valence-electron chi connectivity index (χ2n) is 3.72. The molecule has 2 N–H and O–H groups in total. The average molecular weight is 240 g/mol. The van der Waals surface area contributed by atoms with Gasteiger partial charge in [0.05, 0.1) is 0 Å². The molecule has 16 heavy (non-hydrogen) atoms. The summed E-state index contributed by atoms with van der Waals surface area (Å²) >= 11 is 1.73. The summed E-state index contributed by atoms with van der Waals surface area (Å²) in [4.78, 5) is 12.6. The Morgan fingerprint density at radius 1 is 1.31 bits per heavy atom. The third-order valence-electron chi connectivity index (χ3n) is 2.30. The molecule has 0 saturated heterocycles. The predicted octanol–water partition coefficient (Wildman–Crippen LogP) is 2.78. The number of urea groups is 1. The molecule has 0 unspecified atom stereocenters. The Morgan fingerprint density at radius 2 is 2.12 bits per heavy atom. The van der Waals surface area contributed by atoms with E-state index in [1.165, 1.54) is 17.7 Å². The second-order valence-corrected chi connectivity index (χ2v) is 4.75. The van der Waals surface area contributed by atoms with Crippen LogP contribution in [0.15, 0.2) is 17.5 Å². The van der Waals surface area contributed by atoms with Gasteiger partial charge in [-0.2, -0.15) is 0 Å². The summed E-state index contributed by atoms with van der Waals surface area (Å²) in [7, 11) is 0. The van der Waals surface area contributed by atoms with Gasteiger partial charge in [0.1, 0.15) is 0 Å². The van der Waals surface area contributed by atoms with Crippen molar-refractivity contribution in [2.24, 2.45) is 0 Å². The van der Waals surface area contributed by atoms with Crippen LogP contribution in [-0.2, 0) is 6.42 Å². The van der Waals surface area contributed by atoms with Crippen molar-refractivity contribution in [3.8, 4) is 0 Å². The number of rotatable bonds is 7. The Balaban J connectivity index is 1.98. The van der Waals surface area contributed by atoms with Gasteiger partial charge in [0.15, 0.2) is 0 Å². The summed E-state index contributed by atoms with van der Waals surface area (Å²) < 4.78 is 0. The highest BCUT2D eigenvalue weighted by molar-refractivity contribution is 7.09. The Labute approximate surface area is 101 Å². The minimum Gasteiger partial charge on any atom is -0.338 e. The molecule has 0 bridgehead atoms. The SMILES string of the molecule is CCCCCNC(=O)NCCc1cccs1. The topological polar surface area (TPSA) is 41.1 Å². The molecule has 0 radical (unpaired) electrons. The molecule has 0 aromatic carbocycles. The summed E-state index contributed by atoms with van der Waals surface area (Å²) in [5, 5.41) is 7.76. The van der Waals surface area contributed by atoms with Crippen molar-refractivity contribution < 1.29 is 4.79 Å². The van der Waals surface area contributed by atoms with Crippen LogP contribution in [0.3, 0.4) is 0 Å². The molecule has 0 atom stereocenters. The fourth-order valence-corrected chi connectivity index (χ4v) is 2.10. The van der Waals surface area contributed by atoms with Crippen LogP contribution in [0.2, 0.25) is 0 Å². The number of amides is 2. The minimum absolute atomic E-state index is 0.0485. The first-order chi connectivity index (χ1) is 7.83. The van der Waals surface area contributed by atoms with Crippen molar-refractivity contribution in [1.82, 2.24) is 10.6 Å². The van der Waals surface area contributed by atoms with Crippen molar-refractivity contribution in [3.05, 3.63) is 22.4 Å². The molecule has 0 spiro atoms. The highest BCUT2D eigenvalue weighted by atomic mass is 32.1. The molecule has 0 aliphatic heterocycles. The number of hydrogen-bond acceptors (Lipinski definition) is 2. The van der Waals surface area contributed by atoms with E-state index in [-0.39, 0.29) is 6.03 Å². The van der Waals surface area contributed by atoms with Crippen molar-refractivity contribution in [2.75, 3.05) is 13.1 Å². The summed E-state index contributed by atoms with van der Waals surface area (Å²) in [5.41, 5.74) is 0. The molecular weight excluding hydrogens is 220 g/mol. The molecular formula is C12H20N2OS. The van der Waals surface area contributed by atoms with Gasteiger partial charge in [-0.05, 0) is 24.3 Å². The lowest BCUT2D eigenvalue weighted by molar-refractivity contribution is 0.241. The van der Waals surface area contributed by atoms with Gasteiger partial charge in [0, 0.05) is 18.0 Å². The Morgan fingerprint density at radius 3 is 2.81 bits per heavy atom. The van der Waals surface area contributed by atoms with E-state index in [0.29, 0.717) is 6.54 Å². The molecule has 4 heteroatoms. The van der Waals surface area contributed by atoms with Crippen LogP contribution in [-0.4, -0.2) is 19.1 Å². The van der Waals surface area contributed by atoms with Crippen LogP contribution < -0.4 is 10.6 Å². The molecule has 1 rings (SSSR count). The number of carbonyl (C=O) groups is 1. The van der Waals surface area contributed by atoms with Crippen molar-refractivity contribution >= 4 is 17.4 Å². The summed E-state index contributed by atoms with van der Waals surface area (Å²) in [6.07, 6.45) is 4.34. The second kappa shape index (κ2) is 8.16. The third kappa shape index (κ3) is 5.75. The van der Waals surface area contributed by atoms with Gasteiger partial charge in [0.2, 0.25) is 0 Å². The summed E-state index contributed by atoms with van der Waals surface area (Å²) in [6, 6.07) is 4.07. The highest BCUT2D eigenvalue weighted by Crippen LogP contribution is 2.07. The van der Waals surface area contributed by atoms with Crippen LogP contribution in [0.4, 0.5) is 4.79 Å². The highest BCUT2D eigenvalue weighted by Gasteiger charge is 1.99. The number of unbranched alkanes of at least 4 members (excludes halogenated alkanes) is 2. The molecule has 3 nitrogen and oxygen atoms in total. The van der Waals surface area contributed by atoms with Gasteiger partial charge in [-0.15, -0.1) is 11.3 Å². The number of thiophene rings is 1. The number of carbonyl (C=O) groups excluding carboxylic acids is 1. The third-order valence-corrected chi connectivity index (χ3v) is 3.24. The van der Waals surface area contributed by atoms with E-state index in [1.54, 1.807) is 11.3 Å². The Bertz CT molecular complexity index is 285. The maximum absolute atomic E-state index is 11.3. The van der Waals surface area contributed by atoms with Gasteiger partial charge in [-0.1, -0.05) is 25.8 Å². The van der Waals surface area contributed by atoms with E-state index < -0.39 is 0 Å². The molecule has 90 valence electrons. The lowest BCUT2D eigenvalue weighted by Crippen LogP contribution is -2.37. The largest absolute Gasteiger partial charge is 0.338 e. The first-order valence-corrected chi connectivity index (χ1v) is 6.75. The molecule has 1 aromatic heterocycles. The van der Waals surface area contributed by atoms with Crippen molar-refractivity contribution in [2.45, 2.75) is 32.6 Å². The van der Waals surface area contributed by atoms with Crippen LogP contribution in [0.1, 0.15) is 31.1 Å². The zero-order chi connectivity index (χ0) is 11.6. The smallest absolute Gasteiger partial charge is 0.314 e. The van der Waals surface area contributed by atoms with E-state index in [0.717, 1.165) is 19.4 Å². The Hall–Kier alpha value is -1.03. The number of nitrogens with one attached hydrogen (secondary N) is 2. The van der Waals surface area contributed by atoms with Crippen LogP contribution in [0.5, 0.6) is 0 Å². The minimum atomic E-state index is -0.0485. The molecule has 0 saturated carbocycles. The zero-order valence-electron chi connectivity index (χ0n) is 9.79. The normalized spacial score (nSPS) is 10.1. The van der Waals surface area contributed by atoms with Gasteiger partial charge >= 0.3 is 6.03 Å². The van der Waals surface area contributed by atoms with Gasteiger partial charge in [-0.25, -0.2) is 4.79 Å². The molecule has 0 aliphatic rings. The first-order valence-electron chi connectivity index (χ1n) is 5.87. The molecule has 0 aliphatic carbocycles. The van der Waals surface area contributed by atoms with E-state index in [4.69, 9.17) is 0 Å². The lowest BCUT2D eigenvalue weighted by Gasteiger charge is -2.06. The fourth-order valence-electron chi connectivity index (χ4n) is 1.39. The molecule has 0 fully saturated rings. The summed E-state index contributed by atoms with van der Waals surface area (Å²) in [6.45, 7) is 3.64. The van der Waals surface area contributed by atoms with Crippen LogP contribution >= 0.6 is 11.3 Å². The molecule has 1 heterocycles. The van der Waals surface area contributed by atoms with Crippen molar-refractivity contribution in [3.63, 3.8) is 0 Å². The number of hydrogen-bond donors (Lipinski definition) is 2. The zero-order valence-corrected chi connectivity index (χ0v) is 10.6. The Kier molecular flexibility index (Phi) is 6.65. The van der Waals surface area contributed by atoms with Crippen LogP contribution in [0, 0.1) is 0 Å². The van der Waals surface area contributed by atoms with Gasteiger partial charge in [-0.3, -0.25) is 0 Å². The summed E-state index contributed by atoms with van der Waals surface area (Å²) in [5.74, 6) is 0. The fraction of sp³-hybridized carbons (Fsp3) is 0.583. The monoisotopic (exact) mass is 240 g/mol. The maximum Gasteiger partial charge on any atom is 0.314 e. The van der Waals surface area contributed by atoms with Gasteiger partial charge in [0.25, 0.3) is 0 Å². The molecule has 1 aromatic rings. The average Bonchev–Trinajstić information content (AvgIpc) is 2.77. The predicted molar refractivity (Wildman–Crippen MR) is 68.9 cm³/mol. The van der Waals surface area contributed by atoms with E-state index in [9.17, 15) is 4.79 Å². The quantitative estimate of drug-likeness (QED) is 0.707. The van der Waals surface area contributed by atoms with E-state index in [2.05, 4.69) is 29.0 Å². The van der Waals surface area contributed by atoms with Crippen LogP contribution in [0.25, 0.3) is 0 Å². The molecule has 2 amide bonds. The standard InChI is InChI=1S/C12H20N2OS/c1-2-3-4-8-13-12(15)14-9-7-11-6-5-10-16-11/h5-6,10H,2-4,7-9H2,1H3,(H2,13,14,15). The lowest BCUT2D eigenvalue weighted by atomic mass is 10.2. The first kappa shape index (κ1) is 13.0. The maximum atomic E-state index is 11.3. The van der Waals surface area contributed by atoms with Gasteiger partial charge < -0.3 is 10.6 Å².